The molecule has 1 saturated carbocycles. The van der Waals surface area contributed by atoms with Crippen molar-refractivity contribution in [3.05, 3.63) is 52.4 Å². The molecular weight excluding hydrogens is 355 g/mol. The van der Waals surface area contributed by atoms with E-state index in [1.54, 1.807) is 0 Å². The highest BCUT2D eigenvalue weighted by molar-refractivity contribution is 5.95. The predicted octanol–water partition coefficient (Wildman–Crippen LogP) is 4.07. The fourth-order valence-corrected chi connectivity index (χ4v) is 3.94. The summed E-state index contributed by atoms with van der Waals surface area (Å²) in [4.78, 5) is 17.0. The molecule has 1 aliphatic rings. The van der Waals surface area contributed by atoms with Crippen LogP contribution in [-0.4, -0.2) is 15.3 Å². The Hall–Kier alpha value is -2.68. The van der Waals surface area contributed by atoms with E-state index in [-0.39, 0.29) is 16.5 Å². The summed E-state index contributed by atoms with van der Waals surface area (Å²) in [5, 5.41) is 9.04. The standard InChI is InChI=1S/C22H27FN4O/c1-22(2,3)19-12-20(27(26(19)4)14-15-7-5-6-8-15)25-21(28)17-11-16(13-24)9-10-18(17)23/h9-12,15H,5-8,14H2,1-4H3/b25-20+. The zero-order valence-electron chi connectivity index (χ0n) is 17.0. The van der Waals surface area contributed by atoms with Gasteiger partial charge in [-0.1, -0.05) is 33.6 Å². The number of nitrogens with zero attached hydrogens (tertiary/aromatic N) is 4. The third kappa shape index (κ3) is 4.09. The molecule has 5 nitrogen and oxygen atoms in total. The first-order chi connectivity index (χ1) is 13.2. The molecule has 0 saturated heterocycles. The van der Waals surface area contributed by atoms with Crippen molar-refractivity contribution in [2.45, 2.75) is 58.4 Å². The van der Waals surface area contributed by atoms with Crippen LogP contribution < -0.4 is 5.49 Å². The van der Waals surface area contributed by atoms with E-state index in [2.05, 4.69) is 30.4 Å². The van der Waals surface area contributed by atoms with E-state index in [0.29, 0.717) is 11.4 Å². The molecule has 0 N–H and O–H groups in total. The van der Waals surface area contributed by atoms with Crippen LogP contribution in [0.25, 0.3) is 0 Å². The third-order valence-corrected chi connectivity index (χ3v) is 5.46. The molecule has 1 amide bonds. The van der Waals surface area contributed by atoms with Crippen LogP contribution in [0.4, 0.5) is 4.39 Å². The first kappa shape index (κ1) is 20.1. The average molecular weight is 382 g/mol. The molecule has 3 rings (SSSR count). The van der Waals surface area contributed by atoms with Gasteiger partial charge < -0.3 is 0 Å². The van der Waals surface area contributed by atoms with Gasteiger partial charge in [0, 0.05) is 30.8 Å². The smallest absolute Gasteiger partial charge is 0.282 e. The summed E-state index contributed by atoms with van der Waals surface area (Å²) in [7, 11) is 1.98. The predicted molar refractivity (Wildman–Crippen MR) is 105 cm³/mol. The molecule has 1 aromatic carbocycles. The maximum atomic E-state index is 14.2. The van der Waals surface area contributed by atoms with Crippen LogP contribution in [0.2, 0.25) is 0 Å². The van der Waals surface area contributed by atoms with Gasteiger partial charge in [0.1, 0.15) is 5.82 Å². The van der Waals surface area contributed by atoms with Gasteiger partial charge in [-0.2, -0.15) is 10.3 Å². The summed E-state index contributed by atoms with van der Waals surface area (Å²) in [5.41, 5.74) is 1.54. The fourth-order valence-electron chi connectivity index (χ4n) is 3.94. The molecule has 2 aromatic rings. The zero-order chi connectivity index (χ0) is 20.5. The molecule has 6 heteroatoms. The van der Waals surface area contributed by atoms with Gasteiger partial charge in [0.15, 0.2) is 5.49 Å². The number of carbonyl (C=O) groups is 1. The topological polar surface area (TPSA) is 63.1 Å². The number of aromatic nitrogens is 2. The molecule has 1 aromatic heterocycles. The van der Waals surface area contributed by atoms with E-state index in [1.165, 1.54) is 37.8 Å². The van der Waals surface area contributed by atoms with Crippen molar-refractivity contribution in [2.75, 3.05) is 0 Å². The van der Waals surface area contributed by atoms with Crippen LogP contribution in [-0.2, 0) is 19.0 Å². The Kier molecular flexibility index (Phi) is 5.55. The zero-order valence-corrected chi connectivity index (χ0v) is 17.0. The number of rotatable bonds is 3. The van der Waals surface area contributed by atoms with Gasteiger partial charge in [-0.15, -0.1) is 0 Å². The monoisotopic (exact) mass is 382 g/mol. The van der Waals surface area contributed by atoms with E-state index in [1.807, 2.05) is 23.9 Å². The average Bonchev–Trinajstić information content (AvgIpc) is 3.25. The summed E-state index contributed by atoms with van der Waals surface area (Å²) in [6.07, 6.45) is 4.82. The third-order valence-electron chi connectivity index (χ3n) is 5.46. The Morgan fingerprint density at radius 3 is 2.57 bits per heavy atom. The van der Waals surface area contributed by atoms with E-state index in [4.69, 9.17) is 5.26 Å². The van der Waals surface area contributed by atoms with Gasteiger partial charge in [0.25, 0.3) is 5.91 Å². The van der Waals surface area contributed by atoms with Crippen molar-refractivity contribution < 1.29 is 9.18 Å². The lowest BCUT2D eigenvalue weighted by atomic mass is 9.92. The Labute approximate surface area is 165 Å². The first-order valence-corrected chi connectivity index (χ1v) is 9.76. The molecule has 1 heterocycles. The molecule has 1 fully saturated rings. The Bertz CT molecular complexity index is 995. The number of hydrogen-bond donors (Lipinski definition) is 0. The molecule has 1 aliphatic carbocycles. The second-order valence-corrected chi connectivity index (χ2v) is 8.62. The summed E-state index contributed by atoms with van der Waals surface area (Å²) < 4.78 is 18.2. The van der Waals surface area contributed by atoms with Gasteiger partial charge in [-0.05, 0) is 37.0 Å². The van der Waals surface area contributed by atoms with Crippen LogP contribution in [0.5, 0.6) is 0 Å². The minimum atomic E-state index is -0.666. The minimum Gasteiger partial charge on any atom is -0.291 e. The van der Waals surface area contributed by atoms with Crippen molar-refractivity contribution in [1.82, 2.24) is 9.36 Å². The summed E-state index contributed by atoms with van der Waals surface area (Å²) in [6.45, 7) is 7.14. The van der Waals surface area contributed by atoms with E-state index >= 15 is 0 Å². The van der Waals surface area contributed by atoms with Gasteiger partial charge in [-0.3, -0.25) is 14.2 Å². The van der Waals surface area contributed by atoms with Crippen LogP contribution in [0.15, 0.2) is 29.3 Å². The maximum absolute atomic E-state index is 14.2. The number of nitriles is 1. The van der Waals surface area contributed by atoms with E-state index in [0.717, 1.165) is 18.3 Å². The number of carbonyl (C=O) groups excluding carboxylic acids is 1. The van der Waals surface area contributed by atoms with Crippen LogP contribution in [0.1, 0.15) is 68.1 Å². The lowest BCUT2D eigenvalue weighted by Crippen LogP contribution is -2.28. The van der Waals surface area contributed by atoms with E-state index in [9.17, 15) is 9.18 Å². The second-order valence-electron chi connectivity index (χ2n) is 8.62. The van der Waals surface area contributed by atoms with Gasteiger partial charge >= 0.3 is 0 Å². The Morgan fingerprint density at radius 1 is 1.29 bits per heavy atom. The van der Waals surface area contributed by atoms with Crippen LogP contribution in [0.3, 0.4) is 0 Å². The van der Waals surface area contributed by atoms with Crippen molar-refractivity contribution in [3.8, 4) is 6.07 Å². The Balaban J connectivity index is 2.09. The van der Waals surface area contributed by atoms with Crippen molar-refractivity contribution in [3.63, 3.8) is 0 Å². The van der Waals surface area contributed by atoms with Crippen LogP contribution >= 0.6 is 0 Å². The van der Waals surface area contributed by atoms with Crippen molar-refractivity contribution in [2.24, 2.45) is 18.0 Å². The van der Waals surface area contributed by atoms with Gasteiger partial charge in [0.2, 0.25) is 0 Å². The lowest BCUT2D eigenvalue weighted by molar-refractivity contribution is 0.0992. The molecule has 148 valence electrons. The molecule has 0 radical (unpaired) electrons. The normalized spacial score (nSPS) is 15.8. The summed E-state index contributed by atoms with van der Waals surface area (Å²) in [5.74, 6) is -0.767. The number of halogens is 1. The SMILES string of the molecule is Cn1c(C(C)(C)C)c/c(=N\C(=O)c2cc(C#N)ccc2F)n1CC1CCCC1. The lowest BCUT2D eigenvalue weighted by Gasteiger charge is -2.21. The Morgan fingerprint density at radius 2 is 1.96 bits per heavy atom. The molecule has 0 unspecified atom stereocenters. The van der Waals surface area contributed by atoms with Gasteiger partial charge in [-0.25, -0.2) is 4.39 Å². The number of benzene rings is 1. The van der Waals surface area contributed by atoms with E-state index < -0.39 is 11.7 Å². The molecular formula is C22H27FN4O. The molecule has 0 spiro atoms. The molecule has 0 atom stereocenters. The maximum Gasteiger partial charge on any atom is 0.282 e. The highest BCUT2D eigenvalue weighted by Gasteiger charge is 2.23. The highest BCUT2D eigenvalue weighted by atomic mass is 19.1. The fraction of sp³-hybridized carbons (Fsp3) is 0.500. The second kappa shape index (κ2) is 7.75. The molecule has 28 heavy (non-hydrogen) atoms. The van der Waals surface area contributed by atoms with Crippen molar-refractivity contribution >= 4 is 5.91 Å². The highest BCUT2D eigenvalue weighted by Crippen LogP contribution is 2.27. The number of amides is 1. The molecule has 0 aliphatic heterocycles. The molecule has 0 bridgehead atoms. The minimum absolute atomic E-state index is 0.116. The first-order valence-electron chi connectivity index (χ1n) is 9.76. The van der Waals surface area contributed by atoms with Gasteiger partial charge in [0.05, 0.1) is 17.2 Å². The van der Waals surface area contributed by atoms with Crippen molar-refractivity contribution in [1.29, 1.82) is 5.26 Å². The summed E-state index contributed by atoms with van der Waals surface area (Å²) >= 11 is 0. The van der Waals surface area contributed by atoms with Crippen LogP contribution in [0, 0.1) is 23.1 Å². The largest absolute Gasteiger partial charge is 0.291 e. The quantitative estimate of drug-likeness (QED) is 0.803. The number of hydrogen-bond acceptors (Lipinski definition) is 2. The summed E-state index contributed by atoms with van der Waals surface area (Å²) in [6, 6.07) is 7.60.